The number of nitrogen functional groups attached to an aromatic ring is 2. The minimum absolute atomic E-state index is 0.0408. The number of halogens is 2. The molecule has 9 nitrogen and oxygen atoms in total. The van der Waals surface area contributed by atoms with E-state index in [9.17, 15) is 15.3 Å². The van der Waals surface area contributed by atoms with E-state index in [1.807, 2.05) is 0 Å². The molecule has 0 radical (unpaired) electrons. The quantitative estimate of drug-likeness (QED) is 0.378. The normalized spacial score (nSPS) is 10.4. The summed E-state index contributed by atoms with van der Waals surface area (Å²) in [6.07, 6.45) is 0. The summed E-state index contributed by atoms with van der Waals surface area (Å²) in [4.78, 5) is 13.6. The van der Waals surface area contributed by atoms with Crippen LogP contribution in [0.1, 0.15) is 0 Å². The Labute approximate surface area is 127 Å². The van der Waals surface area contributed by atoms with Crippen LogP contribution in [0.3, 0.4) is 0 Å². The Morgan fingerprint density at radius 3 is 2.57 bits per heavy atom. The molecule has 0 aliphatic heterocycles. The standard InChI is InChI=1S/C10H7Cl2N5O4/c11-4-1-2-6(5(12)3-4)21-9-7(17(19)20)8(13)16(18)10(14)15-9/h1-3H,13H2,(H2,14,15). The summed E-state index contributed by atoms with van der Waals surface area (Å²) in [5, 5.41) is 22.8. The molecule has 0 bridgehead atoms. The highest BCUT2D eigenvalue weighted by Crippen LogP contribution is 2.36. The number of benzene rings is 1. The molecule has 1 heterocycles. The average molecular weight is 332 g/mol. The van der Waals surface area contributed by atoms with Crippen molar-refractivity contribution in [2.75, 3.05) is 11.5 Å². The minimum Gasteiger partial charge on any atom is -0.754 e. The van der Waals surface area contributed by atoms with Crippen LogP contribution in [-0.4, -0.2) is 9.91 Å². The lowest BCUT2D eigenvalue weighted by Gasteiger charge is -2.11. The number of ether oxygens (including phenoxy) is 1. The van der Waals surface area contributed by atoms with Crippen molar-refractivity contribution < 1.29 is 14.4 Å². The Bertz CT molecular complexity index is 740. The molecular weight excluding hydrogens is 325 g/mol. The Kier molecular flexibility index (Phi) is 3.87. The van der Waals surface area contributed by atoms with E-state index in [-0.39, 0.29) is 15.5 Å². The summed E-state index contributed by atoms with van der Waals surface area (Å²) in [6, 6.07) is 4.20. The number of hydrogen-bond donors (Lipinski definition) is 2. The van der Waals surface area contributed by atoms with Crippen LogP contribution in [0.15, 0.2) is 18.2 Å². The number of nitro groups is 1. The fourth-order valence-electron chi connectivity index (χ4n) is 1.44. The van der Waals surface area contributed by atoms with Crippen molar-refractivity contribution in [2.45, 2.75) is 0 Å². The van der Waals surface area contributed by atoms with Gasteiger partial charge in [-0.2, -0.15) is 0 Å². The monoisotopic (exact) mass is 331 g/mol. The smallest absolute Gasteiger partial charge is 0.407 e. The number of nitrogens with zero attached hydrogens (tertiary/aromatic N) is 3. The maximum atomic E-state index is 11.4. The van der Waals surface area contributed by atoms with Crippen molar-refractivity contribution in [3.63, 3.8) is 0 Å². The van der Waals surface area contributed by atoms with E-state index < -0.39 is 28.3 Å². The van der Waals surface area contributed by atoms with Gasteiger partial charge < -0.3 is 21.4 Å². The molecule has 11 heteroatoms. The lowest BCUT2D eigenvalue weighted by Crippen LogP contribution is -2.36. The second kappa shape index (κ2) is 5.46. The number of rotatable bonds is 3. The van der Waals surface area contributed by atoms with Crippen LogP contribution in [0.2, 0.25) is 10.0 Å². The molecule has 1 aromatic carbocycles. The van der Waals surface area contributed by atoms with Gasteiger partial charge in [-0.1, -0.05) is 28.2 Å². The van der Waals surface area contributed by atoms with Gasteiger partial charge in [0.25, 0.3) is 5.82 Å². The first-order valence-electron chi connectivity index (χ1n) is 5.27. The molecule has 0 fully saturated rings. The molecule has 2 rings (SSSR count). The molecule has 110 valence electrons. The second-order valence-corrected chi connectivity index (χ2v) is 4.58. The SMILES string of the molecule is Nc1nc(Oc2ccc(Cl)cc2Cl)c([N+](=O)[O-])c(N)[n+]1[O-]. The van der Waals surface area contributed by atoms with Crippen LogP contribution in [0, 0.1) is 15.3 Å². The molecular formula is C10H7Cl2N5O4. The van der Waals surface area contributed by atoms with Crippen LogP contribution >= 0.6 is 23.2 Å². The van der Waals surface area contributed by atoms with Crippen LogP contribution in [-0.2, 0) is 0 Å². The van der Waals surface area contributed by atoms with E-state index in [0.29, 0.717) is 5.02 Å². The molecule has 0 amide bonds. The topological polar surface area (TPSA) is 144 Å². The van der Waals surface area contributed by atoms with Crippen molar-refractivity contribution in [3.05, 3.63) is 43.6 Å². The molecule has 0 saturated carbocycles. The lowest BCUT2D eigenvalue weighted by molar-refractivity contribution is -0.581. The maximum absolute atomic E-state index is 11.4. The number of hydrogen-bond acceptors (Lipinski definition) is 7. The van der Waals surface area contributed by atoms with Gasteiger partial charge in [-0.3, -0.25) is 10.1 Å². The lowest BCUT2D eigenvalue weighted by atomic mass is 10.3. The van der Waals surface area contributed by atoms with Gasteiger partial charge in [-0.15, -0.1) is 0 Å². The van der Waals surface area contributed by atoms with Crippen molar-refractivity contribution in [1.29, 1.82) is 0 Å². The fourth-order valence-corrected chi connectivity index (χ4v) is 1.88. The van der Waals surface area contributed by atoms with Crippen LogP contribution in [0.25, 0.3) is 0 Å². The molecule has 0 atom stereocenters. The zero-order valence-electron chi connectivity index (χ0n) is 10.1. The first-order valence-corrected chi connectivity index (χ1v) is 6.02. The van der Waals surface area contributed by atoms with Gasteiger partial charge in [0.1, 0.15) is 5.75 Å². The molecule has 0 spiro atoms. The van der Waals surface area contributed by atoms with Gasteiger partial charge in [-0.05, 0) is 18.2 Å². The second-order valence-electron chi connectivity index (χ2n) is 3.74. The average Bonchev–Trinajstić information content (AvgIpc) is 2.39. The van der Waals surface area contributed by atoms with E-state index >= 15 is 0 Å². The van der Waals surface area contributed by atoms with E-state index in [4.69, 9.17) is 39.4 Å². The van der Waals surface area contributed by atoms with Gasteiger partial charge >= 0.3 is 17.5 Å². The molecule has 4 N–H and O–H groups in total. The van der Waals surface area contributed by atoms with Gasteiger partial charge in [0, 0.05) is 5.02 Å². The number of anilines is 2. The summed E-state index contributed by atoms with van der Waals surface area (Å²) < 4.78 is 5.14. The third-order valence-electron chi connectivity index (χ3n) is 2.37. The highest BCUT2D eigenvalue weighted by molar-refractivity contribution is 6.35. The Hall–Kier alpha value is -2.52. The summed E-state index contributed by atoms with van der Waals surface area (Å²) in [5.41, 5.74) is 9.85. The number of aromatic nitrogens is 2. The first kappa shape index (κ1) is 14.9. The van der Waals surface area contributed by atoms with Crippen molar-refractivity contribution >= 4 is 40.7 Å². The van der Waals surface area contributed by atoms with Gasteiger partial charge in [0.2, 0.25) is 0 Å². The summed E-state index contributed by atoms with van der Waals surface area (Å²) >= 11 is 11.6. The van der Waals surface area contributed by atoms with Crippen molar-refractivity contribution in [3.8, 4) is 11.6 Å². The third-order valence-corrected chi connectivity index (χ3v) is 2.90. The molecule has 0 saturated heterocycles. The van der Waals surface area contributed by atoms with E-state index in [2.05, 4.69) is 4.98 Å². The van der Waals surface area contributed by atoms with Crippen LogP contribution < -0.4 is 20.9 Å². The zero-order chi connectivity index (χ0) is 15.7. The molecule has 21 heavy (non-hydrogen) atoms. The first-order chi connectivity index (χ1) is 9.81. The zero-order valence-corrected chi connectivity index (χ0v) is 11.6. The maximum Gasteiger partial charge on any atom is 0.407 e. The molecule has 0 aliphatic carbocycles. The predicted octanol–water partition coefficient (Wildman–Crippen LogP) is 1.89. The van der Waals surface area contributed by atoms with Crippen molar-refractivity contribution in [2.24, 2.45) is 0 Å². The number of nitrogens with two attached hydrogens (primary N) is 2. The predicted molar refractivity (Wildman–Crippen MR) is 75.2 cm³/mol. The third kappa shape index (κ3) is 2.83. The highest BCUT2D eigenvalue weighted by Gasteiger charge is 2.30. The molecule has 2 aromatic rings. The van der Waals surface area contributed by atoms with Crippen LogP contribution in [0.4, 0.5) is 17.5 Å². The van der Waals surface area contributed by atoms with Crippen molar-refractivity contribution in [1.82, 2.24) is 4.98 Å². The van der Waals surface area contributed by atoms with Gasteiger partial charge in [-0.25, -0.2) is 4.73 Å². The van der Waals surface area contributed by atoms with Crippen LogP contribution in [0.5, 0.6) is 11.6 Å². The van der Waals surface area contributed by atoms with Gasteiger partial charge in [0.15, 0.2) is 0 Å². The Morgan fingerprint density at radius 2 is 2.00 bits per heavy atom. The molecule has 1 aromatic heterocycles. The molecule has 0 aliphatic rings. The largest absolute Gasteiger partial charge is 0.754 e. The van der Waals surface area contributed by atoms with E-state index in [1.165, 1.54) is 18.2 Å². The molecule has 0 unspecified atom stereocenters. The van der Waals surface area contributed by atoms with E-state index in [1.54, 1.807) is 0 Å². The fraction of sp³-hybridized carbons (Fsp3) is 0. The summed E-state index contributed by atoms with van der Waals surface area (Å²) in [7, 11) is 0. The Balaban J connectivity index is 2.56. The van der Waals surface area contributed by atoms with Gasteiger partial charge in [0.05, 0.1) is 9.95 Å². The summed E-state index contributed by atoms with van der Waals surface area (Å²) in [5.74, 6) is -1.85. The van der Waals surface area contributed by atoms with E-state index in [0.717, 1.165) is 0 Å². The minimum atomic E-state index is -0.907. The Morgan fingerprint density at radius 1 is 1.33 bits per heavy atom. The highest BCUT2D eigenvalue weighted by atomic mass is 35.5. The summed E-state index contributed by atoms with van der Waals surface area (Å²) in [6.45, 7) is 0.